The molecule has 0 aromatic heterocycles. The van der Waals surface area contributed by atoms with Crippen LogP contribution in [0.4, 0.5) is 0 Å². The zero-order valence-corrected chi connectivity index (χ0v) is 8.40. The van der Waals surface area contributed by atoms with Gasteiger partial charge in [0.25, 0.3) is 0 Å². The Labute approximate surface area is 83.9 Å². The molecule has 74 valence electrons. The molecule has 0 aliphatic carbocycles. The quantitative estimate of drug-likeness (QED) is 0.452. The molecule has 1 N–H and O–H groups in total. The molecule has 0 amide bonds. The summed E-state index contributed by atoms with van der Waals surface area (Å²) in [7, 11) is 0. The first kappa shape index (κ1) is 10.5. The van der Waals surface area contributed by atoms with E-state index in [1.807, 2.05) is 12.1 Å². The van der Waals surface area contributed by atoms with E-state index in [4.69, 9.17) is 5.11 Å². The lowest BCUT2D eigenvalue weighted by molar-refractivity contribution is 0.104. The normalized spacial score (nSPS) is 11.1. The molecule has 0 fully saturated rings. The number of ketones is 1. The van der Waals surface area contributed by atoms with Crippen LogP contribution >= 0.6 is 0 Å². The van der Waals surface area contributed by atoms with E-state index in [-0.39, 0.29) is 5.78 Å². The number of benzene rings is 1. The van der Waals surface area contributed by atoms with E-state index in [1.165, 1.54) is 5.56 Å². The van der Waals surface area contributed by atoms with Gasteiger partial charge in [-0.25, -0.2) is 0 Å². The average molecular weight is 190 g/mol. The number of carbonyl (C=O) groups excluding carboxylic acids is 1. The van der Waals surface area contributed by atoms with Gasteiger partial charge < -0.3 is 5.11 Å². The number of allylic oxidation sites excluding steroid dienone is 1. The average Bonchev–Trinajstić information content (AvgIpc) is 2.18. The number of aliphatic hydroxyl groups is 1. The van der Waals surface area contributed by atoms with E-state index >= 15 is 0 Å². The van der Waals surface area contributed by atoms with Crippen molar-refractivity contribution >= 4 is 5.78 Å². The van der Waals surface area contributed by atoms with Gasteiger partial charge in [-0.05, 0) is 11.5 Å². The minimum absolute atomic E-state index is 0.178. The van der Waals surface area contributed by atoms with Crippen molar-refractivity contribution in [3.05, 3.63) is 47.7 Å². The lowest BCUT2D eigenvalue weighted by Crippen LogP contribution is -1.95. The maximum Gasteiger partial charge on any atom is 0.188 e. The van der Waals surface area contributed by atoms with Gasteiger partial charge in [0, 0.05) is 11.6 Å². The first-order valence-corrected chi connectivity index (χ1v) is 4.60. The van der Waals surface area contributed by atoms with Gasteiger partial charge in [0.15, 0.2) is 5.78 Å². The van der Waals surface area contributed by atoms with Crippen LogP contribution in [-0.4, -0.2) is 10.9 Å². The highest BCUT2D eigenvalue weighted by Gasteiger charge is 2.02. The molecule has 1 aromatic rings. The Balaban J connectivity index is 2.88. The summed E-state index contributed by atoms with van der Waals surface area (Å²) in [5.41, 5.74) is 1.80. The summed E-state index contributed by atoms with van der Waals surface area (Å²) >= 11 is 0. The first-order valence-electron chi connectivity index (χ1n) is 4.60. The monoisotopic (exact) mass is 190 g/mol. The van der Waals surface area contributed by atoms with Crippen LogP contribution in [0.3, 0.4) is 0 Å². The lowest BCUT2D eigenvalue weighted by atomic mass is 10.0. The van der Waals surface area contributed by atoms with Crippen molar-refractivity contribution in [1.29, 1.82) is 0 Å². The van der Waals surface area contributed by atoms with Gasteiger partial charge in [-0.2, -0.15) is 0 Å². The standard InChI is InChI=1S/C12H14O2/c1-9(2)10-3-5-11(6-4-10)12(14)7-8-13/h3-9,13H,1-2H3/b8-7+. The summed E-state index contributed by atoms with van der Waals surface area (Å²) in [6.45, 7) is 4.20. The van der Waals surface area contributed by atoms with Gasteiger partial charge in [0.1, 0.15) is 0 Å². The molecule has 0 aliphatic heterocycles. The summed E-state index contributed by atoms with van der Waals surface area (Å²) in [5, 5.41) is 8.44. The molecule has 0 atom stereocenters. The fourth-order valence-electron chi connectivity index (χ4n) is 1.20. The number of rotatable bonds is 3. The maximum atomic E-state index is 11.3. The predicted molar refractivity (Wildman–Crippen MR) is 56.6 cm³/mol. The highest BCUT2D eigenvalue weighted by molar-refractivity contribution is 6.04. The van der Waals surface area contributed by atoms with E-state index in [0.29, 0.717) is 11.5 Å². The van der Waals surface area contributed by atoms with Crippen LogP contribution in [0.5, 0.6) is 0 Å². The number of hydrogen-bond acceptors (Lipinski definition) is 2. The molecule has 0 bridgehead atoms. The van der Waals surface area contributed by atoms with Crippen LogP contribution in [0, 0.1) is 0 Å². The molecule has 1 rings (SSSR count). The lowest BCUT2D eigenvalue weighted by Gasteiger charge is -2.04. The maximum absolute atomic E-state index is 11.3. The zero-order valence-electron chi connectivity index (χ0n) is 8.40. The van der Waals surface area contributed by atoms with E-state index in [9.17, 15) is 4.79 Å². The van der Waals surface area contributed by atoms with E-state index in [0.717, 1.165) is 12.3 Å². The molecule has 0 unspecified atom stereocenters. The van der Waals surface area contributed by atoms with Crippen LogP contribution in [-0.2, 0) is 0 Å². The van der Waals surface area contributed by atoms with Gasteiger partial charge >= 0.3 is 0 Å². The molecule has 2 nitrogen and oxygen atoms in total. The summed E-state index contributed by atoms with van der Waals surface area (Å²) in [6, 6.07) is 7.42. The molecule has 0 radical (unpaired) electrons. The van der Waals surface area contributed by atoms with Crippen LogP contribution in [0.25, 0.3) is 0 Å². The molecule has 0 heterocycles. The zero-order chi connectivity index (χ0) is 10.6. The third kappa shape index (κ3) is 2.46. The fourth-order valence-corrected chi connectivity index (χ4v) is 1.20. The minimum Gasteiger partial charge on any atom is -0.515 e. The smallest absolute Gasteiger partial charge is 0.188 e. The van der Waals surface area contributed by atoms with Gasteiger partial charge in [0.2, 0.25) is 0 Å². The van der Waals surface area contributed by atoms with Crippen molar-refractivity contribution in [2.24, 2.45) is 0 Å². The van der Waals surface area contributed by atoms with E-state index in [2.05, 4.69) is 13.8 Å². The molecule has 0 aliphatic rings. The fraction of sp³-hybridized carbons (Fsp3) is 0.250. The Bertz CT molecular complexity index is 334. The van der Waals surface area contributed by atoms with Crippen molar-refractivity contribution in [3.8, 4) is 0 Å². The summed E-state index contributed by atoms with van der Waals surface area (Å²) in [5.74, 6) is 0.287. The minimum atomic E-state index is -0.178. The van der Waals surface area contributed by atoms with Crippen molar-refractivity contribution < 1.29 is 9.90 Å². The Morgan fingerprint density at radius 1 is 1.29 bits per heavy atom. The predicted octanol–water partition coefficient (Wildman–Crippen LogP) is 3.06. The van der Waals surface area contributed by atoms with E-state index in [1.54, 1.807) is 12.1 Å². The Morgan fingerprint density at radius 2 is 1.86 bits per heavy atom. The summed E-state index contributed by atoms with van der Waals surface area (Å²) in [6.07, 6.45) is 1.91. The molecule has 2 heteroatoms. The second-order valence-electron chi connectivity index (χ2n) is 3.46. The summed E-state index contributed by atoms with van der Waals surface area (Å²) < 4.78 is 0. The van der Waals surface area contributed by atoms with Crippen molar-refractivity contribution in [1.82, 2.24) is 0 Å². The number of carbonyl (C=O) groups is 1. The van der Waals surface area contributed by atoms with Crippen LogP contribution in [0.2, 0.25) is 0 Å². The molecular formula is C12H14O2. The van der Waals surface area contributed by atoms with Crippen molar-refractivity contribution in [2.75, 3.05) is 0 Å². The summed E-state index contributed by atoms with van der Waals surface area (Å²) in [4.78, 5) is 11.3. The SMILES string of the molecule is CC(C)c1ccc(C(=O)/C=C/O)cc1. The topological polar surface area (TPSA) is 37.3 Å². The van der Waals surface area contributed by atoms with Crippen LogP contribution in [0.1, 0.15) is 35.7 Å². The van der Waals surface area contributed by atoms with Crippen LogP contribution in [0.15, 0.2) is 36.6 Å². The second kappa shape index (κ2) is 4.61. The van der Waals surface area contributed by atoms with Crippen molar-refractivity contribution in [2.45, 2.75) is 19.8 Å². The first-order chi connectivity index (χ1) is 6.65. The molecule has 0 saturated heterocycles. The third-order valence-electron chi connectivity index (χ3n) is 2.09. The van der Waals surface area contributed by atoms with Gasteiger partial charge in [-0.15, -0.1) is 0 Å². The Kier molecular flexibility index (Phi) is 3.46. The van der Waals surface area contributed by atoms with Crippen molar-refractivity contribution in [3.63, 3.8) is 0 Å². The molecule has 0 saturated carbocycles. The van der Waals surface area contributed by atoms with Crippen LogP contribution < -0.4 is 0 Å². The Hall–Kier alpha value is -1.57. The second-order valence-corrected chi connectivity index (χ2v) is 3.46. The largest absolute Gasteiger partial charge is 0.515 e. The highest BCUT2D eigenvalue weighted by Crippen LogP contribution is 2.14. The Morgan fingerprint density at radius 3 is 2.29 bits per heavy atom. The molecule has 0 spiro atoms. The molecule has 14 heavy (non-hydrogen) atoms. The van der Waals surface area contributed by atoms with Gasteiger partial charge in [-0.1, -0.05) is 38.1 Å². The van der Waals surface area contributed by atoms with E-state index < -0.39 is 0 Å². The molecular weight excluding hydrogens is 176 g/mol. The van der Waals surface area contributed by atoms with Gasteiger partial charge in [-0.3, -0.25) is 4.79 Å². The number of hydrogen-bond donors (Lipinski definition) is 1. The highest BCUT2D eigenvalue weighted by atomic mass is 16.2. The molecule has 1 aromatic carbocycles. The number of aliphatic hydroxyl groups excluding tert-OH is 1. The van der Waals surface area contributed by atoms with Gasteiger partial charge in [0.05, 0.1) is 6.26 Å². The third-order valence-corrected chi connectivity index (χ3v) is 2.09.